The first-order valence-corrected chi connectivity index (χ1v) is 11.3. The van der Waals surface area contributed by atoms with Gasteiger partial charge >= 0.3 is 0 Å². The van der Waals surface area contributed by atoms with E-state index in [9.17, 15) is 8.42 Å². The Hall–Kier alpha value is -2.83. The third kappa shape index (κ3) is 3.18. The van der Waals surface area contributed by atoms with Gasteiger partial charge in [-0.3, -0.25) is 0 Å². The van der Waals surface area contributed by atoms with Crippen molar-refractivity contribution in [3.8, 4) is 5.75 Å². The highest BCUT2D eigenvalue weighted by atomic mass is 32.2. The molecule has 0 atom stereocenters. The minimum absolute atomic E-state index is 0.153. The molecule has 148 valence electrons. The fraction of sp³-hybridized carbons (Fsp3) is 0.217. The molecule has 1 saturated heterocycles. The lowest BCUT2D eigenvalue weighted by Crippen LogP contribution is -2.34. The SMILES string of the molecule is O=S(=O)(c1cccc2ccccc12)n1ccc2c(OC3CCNCC3)cccc21. The average molecular weight is 407 g/mol. The molecule has 1 aliphatic rings. The lowest BCUT2D eigenvalue weighted by atomic mass is 10.1. The van der Waals surface area contributed by atoms with Crippen molar-refractivity contribution in [3.05, 3.63) is 72.9 Å². The Morgan fingerprint density at radius 2 is 1.62 bits per heavy atom. The van der Waals surface area contributed by atoms with Crippen LogP contribution in [0.3, 0.4) is 0 Å². The molecule has 1 N–H and O–H groups in total. The molecule has 0 spiro atoms. The largest absolute Gasteiger partial charge is 0.490 e. The second kappa shape index (κ2) is 7.21. The molecule has 0 amide bonds. The number of fused-ring (bicyclic) bond motifs is 2. The summed E-state index contributed by atoms with van der Waals surface area (Å²) in [4.78, 5) is 0.303. The molecule has 5 rings (SSSR count). The minimum Gasteiger partial charge on any atom is -0.490 e. The van der Waals surface area contributed by atoms with Crippen LogP contribution >= 0.6 is 0 Å². The maximum absolute atomic E-state index is 13.5. The van der Waals surface area contributed by atoms with E-state index in [4.69, 9.17) is 4.74 Å². The van der Waals surface area contributed by atoms with Crippen LogP contribution in [0, 0.1) is 0 Å². The first kappa shape index (κ1) is 18.2. The van der Waals surface area contributed by atoms with Gasteiger partial charge in [-0.05, 0) is 55.6 Å². The van der Waals surface area contributed by atoms with Crippen LogP contribution in [-0.2, 0) is 10.0 Å². The van der Waals surface area contributed by atoms with Crippen LogP contribution in [0.1, 0.15) is 12.8 Å². The number of nitrogens with zero attached hydrogens (tertiary/aromatic N) is 1. The highest BCUT2D eigenvalue weighted by Gasteiger charge is 2.23. The molecule has 2 heterocycles. The summed E-state index contributed by atoms with van der Waals surface area (Å²) in [6.45, 7) is 1.88. The molecule has 1 aliphatic heterocycles. The number of benzene rings is 3. The molecule has 0 saturated carbocycles. The van der Waals surface area contributed by atoms with Crippen LogP contribution in [0.5, 0.6) is 5.75 Å². The normalized spacial score (nSPS) is 15.7. The van der Waals surface area contributed by atoms with E-state index in [1.807, 2.05) is 54.6 Å². The summed E-state index contributed by atoms with van der Waals surface area (Å²) in [5, 5.41) is 5.77. The lowest BCUT2D eigenvalue weighted by Gasteiger charge is -2.24. The van der Waals surface area contributed by atoms with Gasteiger partial charge in [0.05, 0.1) is 10.4 Å². The van der Waals surface area contributed by atoms with E-state index >= 15 is 0 Å². The second-order valence-electron chi connectivity index (χ2n) is 7.35. The Labute approximate surface area is 170 Å². The summed E-state index contributed by atoms with van der Waals surface area (Å²) in [6, 6.07) is 20.3. The summed E-state index contributed by atoms with van der Waals surface area (Å²) < 4.78 is 34.7. The third-order valence-electron chi connectivity index (χ3n) is 5.52. The van der Waals surface area contributed by atoms with Gasteiger partial charge in [-0.1, -0.05) is 42.5 Å². The molecule has 1 fully saturated rings. The quantitative estimate of drug-likeness (QED) is 0.553. The molecule has 0 bridgehead atoms. The number of rotatable bonds is 4. The van der Waals surface area contributed by atoms with Crippen molar-refractivity contribution >= 4 is 31.7 Å². The molecule has 0 unspecified atom stereocenters. The van der Waals surface area contributed by atoms with Crippen molar-refractivity contribution in [1.82, 2.24) is 9.29 Å². The maximum atomic E-state index is 13.5. The van der Waals surface area contributed by atoms with Gasteiger partial charge < -0.3 is 10.1 Å². The fourth-order valence-corrected chi connectivity index (χ4v) is 5.61. The third-order valence-corrected chi connectivity index (χ3v) is 7.27. The van der Waals surface area contributed by atoms with E-state index in [-0.39, 0.29) is 6.10 Å². The topological polar surface area (TPSA) is 60.3 Å². The van der Waals surface area contributed by atoms with E-state index < -0.39 is 10.0 Å². The zero-order chi connectivity index (χ0) is 19.8. The molecular weight excluding hydrogens is 384 g/mol. The van der Waals surface area contributed by atoms with Gasteiger partial charge in [-0.25, -0.2) is 12.4 Å². The highest BCUT2D eigenvalue weighted by Crippen LogP contribution is 2.32. The fourth-order valence-electron chi connectivity index (χ4n) is 4.05. The van der Waals surface area contributed by atoms with Crippen LogP contribution in [0.2, 0.25) is 0 Å². The Morgan fingerprint density at radius 3 is 2.48 bits per heavy atom. The van der Waals surface area contributed by atoms with Gasteiger partial charge in [-0.15, -0.1) is 0 Å². The predicted octanol–water partition coefficient (Wildman–Crippen LogP) is 4.16. The Kier molecular flexibility index (Phi) is 4.53. The number of hydrogen-bond acceptors (Lipinski definition) is 4. The molecular formula is C23H22N2O3S. The van der Waals surface area contributed by atoms with Gasteiger partial charge in [-0.2, -0.15) is 0 Å². The van der Waals surface area contributed by atoms with Crippen LogP contribution < -0.4 is 10.1 Å². The standard InChI is InChI=1S/C23H22N2O3S/c26-29(27,23-10-3-6-17-5-1-2-7-19(17)23)25-16-13-20-21(25)8-4-9-22(20)28-18-11-14-24-15-12-18/h1-10,13,16,18,24H,11-12,14-15H2. The molecule has 4 aromatic rings. The average Bonchev–Trinajstić information content (AvgIpc) is 3.20. The number of ether oxygens (including phenoxy) is 1. The van der Waals surface area contributed by atoms with Gasteiger partial charge in [0, 0.05) is 17.0 Å². The van der Waals surface area contributed by atoms with E-state index in [2.05, 4.69) is 5.32 Å². The van der Waals surface area contributed by atoms with Gasteiger partial charge in [0.1, 0.15) is 11.9 Å². The Morgan fingerprint density at radius 1 is 0.862 bits per heavy atom. The van der Waals surface area contributed by atoms with Crippen molar-refractivity contribution in [2.24, 2.45) is 0 Å². The maximum Gasteiger partial charge on any atom is 0.268 e. The predicted molar refractivity (Wildman–Crippen MR) is 115 cm³/mol. The monoisotopic (exact) mass is 406 g/mol. The highest BCUT2D eigenvalue weighted by molar-refractivity contribution is 7.90. The summed E-state index contributed by atoms with van der Waals surface area (Å²) in [5.41, 5.74) is 0.629. The zero-order valence-electron chi connectivity index (χ0n) is 15.9. The van der Waals surface area contributed by atoms with Crippen LogP contribution in [0.15, 0.2) is 77.8 Å². The zero-order valence-corrected chi connectivity index (χ0v) is 16.7. The van der Waals surface area contributed by atoms with Crippen LogP contribution in [-0.4, -0.2) is 31.6 Å². The van der Waals surface area contributed by atoms with Crippen molar-refractivity contribution in [2.45, 2.75) is 23.8 Å². The summed E-state index contributed by atoms with van der Waals surface area (Å²) in [6.07, 6.45) is 3.67. The van der Waals surface area contributed by atoms with Gasteiger partial charge in [0.25, 0.3) is 10.0 Å². The molecule has 1 aromatic heterocycles. The first-order chi connectivity index (χ1) is 14.1. The van der Waals surface area contributed by atoms with Crippen molar-refractivity contribution in [2.75, 3.05) is 13.1 Å². The number of hydrogen-bond donors (Lipinski definition) is 1. The number of nitrogens with one attached hydrogen (secondary N) is 1. The Bertz CT molecular complexity index is 1280. The van der Waals surface area contributed by atoms with Gasteiger partial charge in [0.2, 0.25) is 0 Å². The minimum atomic E-state index is -3.75. The summed E-state index contributed by atoms with van der Waals surface area (Å²) >= 11 is 0. The van der Waals surface area contributed by atoms with E-state index in [1.165, 1.54) is 3.97 Å². The van der Waals surface area contributed by atoms with Crippen molar-refractivity contribution < 1.29 is 13.2 Å². The van der Waals surface area contributed by atoms with Crippen LogP contribution in [0.25, 0.3) is 21.7 Å². The number of aromatic nitrogens is 1. The lowest BCUT2D eigenvalue weighted by molar-refractivity contribution is 0.164. The molecule has 6 heteroatoms. The molecule has 3 aromatic carbocycles. The van der Waals surface area contributed by atoms with E-state index in [1.54, 1.807) is 18.3 Å². The molecule has 0 radical (unpaired) electrons. The summed E-state index contributed by atoms with van der Waals surface area (Å²) in [7, 11) is -3.75. The van der Waals surface area contributed by atoms with E-state index in [0.29, 0.717) is 10.4 Å². The van der Waals surface area contributed by atoms with E-state index in [0.717, 1.165) is 47.8 Å². The smallest absolute Gasteiger partial charge is 0.268 e. The molecule has 29 heavy (non-hydrogen) atoms. The molecule has 0 aliphatic carbocycles. The summed E-state index contributed by atoms with van der Waals surface area (Å²) in [5.74, 6) is 0.737. The van der Waals surface area contributed by atoms with Crippen molar-refractivity contribution in [3.63, 3.8) is 0 Å². The van der Waals surface area contributed by atoms with Gasteiger partial charge in [0.15, 0.2) is 0 Å². The number of piperidine rings is 1. The second-order valence-corrected chi connectivity index (χ2v) is 9.13. The molecule has 5 nitrogen and oxygen atoms in total. The first-order valence-electron chi connectivity index (χ1n) is 9.85. The van der Waals surface area contributed by atoms with Crippen LogP contribution in [0.4, 0.5) is 0 Å². The van der Waals surface area contributed by atoms with Crippen molar-refractivity contribution in [1.29, 1.82) is 0 Å². The Balaban J connectivity index is 1.60.